The molecular weight excluding hydrogens is 334 g/mol. The summed E-state index contributed by atoms with van der Waals surface area (Å²) in [5.74, 6) is 0. The van der Waals surface area contributed by atoms with E-state index in [1.165, 1.54) is 0 Å². The molecule has 1 heterocycles. The van der Waals surface area contributed by atoms with Gasteiger partial charge in [0.1, 0.15) is 11.2 Å². The van der Waals surface area contributed by atoms with Crippen LogP contribution in [0.2, 0.25) is 0 Å². The topological polar surface area (TPSA) is 68.2 Å². The van der Waals surface area contributed by atoms with Gasteiger partial charge in [-0.05, 0) is 39.7 Å². The second-order valence-electron chi connectivity index (χ2n) is 8.08. The highest BCUT2D eigenvalue weighted by molar-refractivity contribution is 5.68. The van der Waals surface area contributed by atoms with Gasteiger partial charge >= 0.3 is 6.09 Å². The molecule has 6 nitrogen and oxygen atoms in total. The van der Waals surface area contributed by atoms with Crippen molar-refractivity contribution in [3.8, 4) is 0 Å². The van der Waals surface area contributed by atoms with E-state index in [-0.39, 0.29) is 6.61 Å². The number of benzene rings is 1. The zero-order valence-electron chi connectivity index (χ0n) is 16.2. The Morgan fingerprint density at radius 2 is 2.04 bits per heavy atom. The molecule has 6 heteroatoms. The number of carbonyl (C=O) groups excluding carboxylic acids is 1. The minimum atomic E-state index is -0.715. The second-order valence-corrected chi connectivity index (χ2v) is 8.08. The van der Waals surface area contributed by atoms with Crippen LogP contribution in [0, 0.1) is 0 Å². The lowest BCUT2D eigenvalue weighted by molar-refractivity contribution is -0.134. The fourth-order valence-electron chi connectivity index (χ4n) is 2.74. The normalized spacial score (nSPS) is 24.7. The summed E-state index contributed by atoms with van der Waals surface area (Å²) < 4.78 is 17.2. The molecule has 0 radical (unpaired) electrons. The van der Waals surface area contributed by atoms with E-state index in [1.807, 2.05) is 58.0 Å². The van der Waals surface area contributed by atoms with Gasteiger partial charge < -0.3 is 24.2 Å². The first kappa shape index (κ1) is 20.7. The molecule has 1 aliphatic heterocycles. The molecule has 1 fully saturated rings. The highest BCUT2D eigenvalue weighted by atomic mass is 16.6. The number of nitrogens with zero attached hydrogens (tertiary/aromatic N) is 1. The van der Waals surface area contributed by atoms with Crippen LogP contribution in [0.25, 0.3) is 0 Å². The van der Waals surface area contributed by atoms with Crippen LogP contribution in [0.4, 0.5) is 4.79 Å². The smallest absolute Gasteiger partial charge is 0.410 e. The van der Waals surface area contributed by atoms with Crippen LogP contribution >= 0.6 is 0 Å². The van der Waals surface area contributed by atoms with Crippen molar-refractivity contribution in [2.45, 2.75) is 58.0 Å². The molecule has 26 heavy (non-hydrogen) atoms. The zero-order chi connectivity index (χ0) is 19.2. The van der Waals surface area contributed by atoms with Gasteiger partial charge in [-0.2, -0.15) is 0 Å². The molecule has 2 rings (SSSR count). The minimum absolute atomic E-state index is 0.230. The first-order valence-corrected chi connectivity index (χ1v) is 9.08. The van der Waals surface area contributed by atoms with Crippen molar-refractivity contribution < 1.29 is 24.1 Å². The van der Waals surface area contributed by atoms with E-state index in [0.717, 1.165) is 5.56 Å². The van der Waals surface area contributed by atoms with Crippen LogP contribution < -0.4 is 0 Å². The fraction of sp³-hybridized carbons (Fsp3) is 0.650. The van der Waals surface area contributed by atoms with E-state index >= 15 is 0 Å². The second kappa shape index (κ2) is 8.84. The van der Waals surface area contributed by atoms with Gasteiger partial charge in [0, 0.05) is 6.54 Å². The molecule has 1 saturated heterocycles. The van der Waals surface area contributed by atoms with Crippen LogP contribution in [-0.2, 0) is 20.8 Å². The highest BCUT2D eigenvalue weighted by Gasteiger charge is 2.35. The van der Waals surface area contributed by atoms with Crippen molar-refractivity contribution in [1.82, 2.24) is 4.90 Å². The molecule has 0 unspecified atom stereocenters. The molecule has 146 valence electrons. The van der Waals surface area contributed by atoms with Gasteiger partial charge in [0.05, 0.1) is 32.5 Å². The van der Waals surface area contributed by atoms with Crippen molar-refractivity contribution in [3.63, 3.8) is 0 Å². The maximum absolute atomic E-state index is 12.5. The predicted octanol–water partition coefficient (Wildman–Crippen LogP) is 2.98. The largest absolute Gasteiger partial charge is 0.444 e. The Morgan fingerprint density at radius 3 is 2.69 bits per heavy atom. The lowest BCUT2D eigenvalue weighted by atomic mass is 10.1. The molecule has 1 aliphatic rings. The molecule has 0 spiro atoms. The molecule has 1 N–H and O–H groups in total. The van der Waals surface area contributed by atoms with Crippen LogP contribution in [0.1, 0.15) is 39.7 Å². The SMILES string of the molecule is CC(C)(C)OC(=O)N1CC[C@@H](O)CO[C@@](C)(COCc2ccccc2)C1. The third kappa shape index (κ3) is 6.94. The molecule has 0 aromatic heterocycles. The Labute approximate surface area is 156 Å². The molecule has 1 amide bonds. The van der Waals surface area contributed by atoms with Gasteiger partial charge in [0.15, 0.2) is 0 Å². The standard InChI is InChI=1S/C20H31NO5/c1-19(2,3)26-18(23)21-11-10-17(22)13-25-20(4,14-21)15-24-12-16-8-6-5-7-9-16/h5-9,17,22H,10-15H2,1-4H3/t17-,20-/m1/s1. The average molecular weight is 365 g/mol. The molecule has 0 bridgehead atoms. The van der Waals surface area contributed by atoms with Crippen molar-refractivity contribution >= 4 is 6.09 Å². The molecular formula is C20H31NO5. The van der Waals surface area contributed by atoms with Gasteiger partial charge in [-0.3, -0.25) is 0 Å². The molecule has 0 saturated carbocycles. The van der Waals surface area contributed by atoms with Crippen LogP contribution in [-0.4, -0.2) is 59.7 Å². The Kier molecular flexibility index (Phi) is 7.03. The van der Waals surface area contributed by atoms with Crippen molar-refractivity contribution in [2.24, 2.45) is 0 Å². The number of carbonyl (C=O) groups is 1. The highest BCUT2D eigenvalue weighted by Crippen LogP contribution is 2.21. The average Bonchev–Trinajstić information content (AvgIpc) is 2.55. The molecule has 1 aromatic carbocycles. The summed E-state index contributed by atoms with van der Waals surface area (Å²) >= 11 is 0. The van der Waals surface area contributed by atoms with Crippen molar-refractivity contribution in [2.75, 3.05) is 26.3 Å². The number of hydrogen-bond donors (Lipinski definition) is 1. The number of hydrogen-bond acceptors (Lipinski definition) is 5. The third-order valence-electron chi connectivity index (χ3n) is 4.05. The van der Waals surface area contributed by atoms with Gasteiger partial charge in [0.2, 0.25) is 0 Å². The summed E-state index contributed by atoms with van der Waals surface area (Å²) in [6.07, 6.45) is -0.557. The quantitative estimate of drug-likeness (QED) is 0.888. The maximum atomic E-state index is 12.5. The molecule has 0 aliphatic carbocycles. The lowest BCUT2D eigenvalue weighted by Crippen LogP contribution is -2.52. The van der Waals surface area contributed by atoms with E-state index in [4.69, 9.17) is 14.2 Å². The summed E-state index contributed by atoms with van der Waals surface area (Å²) in [7, 11) is 0. The zero-order valence-corrected chi connectivity index (χ0v) is 16.2. The first-order chi connectivity index (χ1) is 12.2. The van der Waals surface area contributed by atoms with Gasteiger partial charge in [-0.15, -0.1) is 0 Å². The van der Waals surface area contributed by atoms with Crippen LogP contribution in [0.3, 0.4) is 0 Å². The number of rotatable bonds is 4. The Bertz CT molecular complexity index is 571. The van der Waals surface area contributed by atoms with E-state index in [2.05, 4.69) is 0 Å². The summed E-state index contributed by atoms with van der Waals surface area (Å²) in [5.41, 5.74) is -0.211. The Morgan fingerprint density at radius 1 is 1.35 bits per heavy atom. The lowest BCUT2D eigenvalue weighted by Gasteiger charge is -2.39. The van der Waals surface area contributed by atoms with Crippen molar-refractivity contribution in [3.05, 3.63) is 35.9 Å². The number of aliphatic hydroxyl groups excluding tert-OH is 1. The Balaban J connectivity index is 1.99. The number of amides is 1. The molecule has 1 aromatic rings. The predicted molar refractivity (Wildman–Crippen MR) is 98.9 cm³/mol. The van der Waals surface area contributed by atoms with E-state index in [9.17, 15) is 9.90 Å². The van der Waals surface area contributed by atoms with Gasteiger partial charge in [0.25, 0.3) is 0 Å². The van der Waals surface area contributed by atoms with E-state index in [0.29, 0.717) is 32.7 Å². The van der Waals surface area contributed by atoms with Crippen LogP contribution in [0.5, 0.6) is 0 Å². The van der Waals surface area contributed by atoms with E-state index in [1.54, 1.807) is 4.90 Å². The molecule has 2 atom stereocenters. The van der Waals surface area contributed by atoms with Crippen LogP contribution in [0.15, 0.2) is 30.3 Å². The van der Waals surface area contributed by atoms with Gasteiger partial charge in [-0.1, -0.05) is 30.3 Å². The number of aliphatic hydroxyl groups is 1. The summed E-state index contributed by atoms with van der Waals surface area (Å²) in [6, 6.07) is 9.89. The minimum Gasteiger partial charge on any atom is -0.444 e. The van der Waals surface area contributed by atoms with E-state index < -0.39 is 23.4 Å². The van der Waals surface area contributed by atoms with Crippen molar-refractivity contribution in [1.29, 1.82) is 0 Å². The maximum Gasteiger partial charge on any atom is 0.410 e. The van der Waals surface area contributed by atoms with Gasteiger partial charge in [-0.25, -0.2) is 4.79 Å². The monoisotopic (exact) mass is 365 g/mol. The summed E-state index contributed by atoms with van der Waals surface area (Å²) in [4.78, 5) is 14.1. The third-order valence-corrected chi connectivity index (χ3v) is 4.05. The first-order valence-electron chi connectivity index (χ1n) is 9.08. The number of ether oxygens (including phenoxy) is 3. The summed E-state index contributed by atoms with van der Waals surface area (Å²) in [5, 5.41) is 10.0. The summed E-state index contributed by atoms with van der Waals surface area (Å²) in [6.45, 7) is 9.19. The Hall–Kier alpha value is -1.63. The fourth-order valence-corrected chi connectivity index (χ4v) is 2.74.